The Morgan fingerprint density at radius 1 is 1.35 bits per heavy atom. The molecule has 0 saturated heterocycles. The van der Waals surface area contributed by atoms with Crippen LogP contribution >= 0.6 is 11.3 Å². The summed E-state index contributed by atoms with van der Waals surface area (Å²) in [6.45, 7) is 3.69. The summed E-state index contributed by atoms with van der Waals surface area (Å²) in [7, 11) is -3.48. The van der Waals surface area contributed by atoms with E-state index in [9.17, 15) is 8.42 Å². The third kappa shape index (κ3) is 4.07. The van der Waals surface area contributed by atoms with Gasteiger partial charge in [0, 0.05) is 12.7 Å². The van der Waals surface area contributed by atoms with Crippen molar-refractivity contribution in [2.75, 3.05) is 6.54 Å². The minimum absolute atomic E-state index is 0.158. The molecule has 108 valence electrons. The van der Waals surface area contributed by atoms with Crippen LogP contribution in [0.5, 0.6) is 0 Å². The molecule has 0 aromatic carbocycles. The lowest BCUT2D eigenvalue weighted by molar-refractivity contribution is 0.582. The van der Waals surface area contributed by atoms with E-state index in [1.807, 2.05) is 12.3 Å². The molecule has 0 unspecified atom stereocenters. The highest BCUT2D eigenvalue weighted by Crippen LogP contribution is 2.20. The van der Waals surface area contributed by atoms with Crippen molar-refractivity contribution in [3.8, 4) is 0 Å². The molecule has 2 N–H and O–H groups in total. The molecule has 0 aliphatic heterocycles. The molecule has 2 aromatic rings. The van der Waals surface area contributed by atoms with Gasteiger partial charge in [-0.05, 0) is 29.6 Å². The van der Waals surface area contributed by atoms with Crippen LogP contribution in [0.4, 0.5) is 0 Å². The first-order valence-corrected chi connectivity index (χ1v) is 8.51. The minimum Gasteiger partial charge on any atom is -0.313 e. The van der Waals surface area contributed by atoms with Gasteiger partial charge in [0.25, 0.3) is 0 Å². The first-order chi connectivity index (χ1) is 9.62. The van der Waals surface area contributed by atoms with Gasteiger partial charge in [0.05, 0.1) is 12.2 Å². The molecule has 2 heterocycles. The van der Waals surface area contributed by atoms with Crippen LogP contribution in [0.3, 0.4) is 0 Å². The van der Waals surface area contributed by atoms with E-state index in [4.69, 9.17) is 0 Å². The molecule has 6 nitrogen and oxygen atoms in total. The van der Waals surface area contributed by atoms with Crippen molar-refractivity contribution in [2.24, 2.45) is 0 Å². The van der Waals surface area contributed by atoms with E-state index in [-0.39, 0.29) is 6.54 Å². The van der Waals surface area contributed by atoms with Crippen molar-refractivity contribution in [2.45, 2.75) is 24.2 Å². The Hall–Kier alpha value is -1.35. The van der Waals surface area contributed by atoms with E-state index in [1.54, 1.807) is 18.3 Å². The zero-order valence-corrected chi connectivity index (χ0v) is 12.7. The molecule has 0 spiro atoms. The maximum Gasteiger partial charge on any atom is 0.250 e. The molecule has 2 rings (SSSR count). The van der Waals surface area contributed by atoms with Crippen LogP contribution in [-0.2, 0) is 23.1 Å². The Kier molecular flexibility index (Phi) is 5.18. The van der Waals surface area contributed by atoms with Crippen LogP contribution in [-0.4, -0.2) is 24.9 Å². The molecule has 2 aromatic heterocycles. The highest BCUT2D eigenvalue weighted by Gasteiger charge is 2.16. The van der Waals surface area contributed by atoms with Gasteiger partial charge in [0.2, 0.25) is 10.0 Å². The van der Waals surface area contributed by atoms with Crippen molar-refractivity contribution in [3.63, 3.8) is 0 Å². The predicted octanol–water partition coefficient (Wildman–Crippen LogP) is 1.13. The Balaban J connectivity index is 2.01. The average Bonchev–Trinajstić information content (AvgIpc) is 2.94. The summed E-state index contributed by atoms with van der Waals surface area (Å²) in [4.78, 5) is 7.76. The number of hydrogen-bond acceptors (Lipinski definition) is 6. The second-order valence-corrected chi connectivity index (χ2v) is 6.98. The second kappa shape index (κ2) is 6.89. The number of thiophene rings is 1. The fraction of sp³-hybridized carbons (Fsp3) is 0.333. The van der Waals surface area contributed by atoms with Crippen molar-refractivity contribution in [3.05, 3.63) is 41.3 Å². The number of aromatic nitrogens is 2. The third-order valence-corrected chi connectivity index (χ3v) is 5.45. The molecule has 0 aliphatic carbocycles. The topological polar surface area (TPSA) is 84.0 Å². The molecule has 0 amide bonds. The van der Waals surface area contributed by atoms with Gasteiger partial charge in [-0.2, -0.15) is 0 Å². The standard InChI is InChI=1S/C12H16N4O2S2/c1-2-13-6-10-5-12(19-8-10)20(17,18)16-7-11-3-4-14-9-15-11/h3-5,8-9,13,16H,2,6-7H2,1H3. The van der Waals surface area contributed by atoms with Gasteiger partial charge in [-0.15, -0.1) is 11.3 Å². The van der Waals surface area contributed by atoms with E-state index in [0.717, 1.165) is 12.1 Å². The van der Waals surface area contributed by atoms with Crippen LogP contribution in [0, 0.1) is 0 Å². The molecule has 0 bridgehead atoms. The van der Waals surface area contributed by atoms with Crippen molar-refractivity contribution in [1.82, 2.24) is 20.0 Å². The van der Waals surface area contributed by atoms with E-state index in [2.05, 4.69) is 20.0 Å². The molecule has 0 saturated carbocycles. The van der Waals surface area contributed by atoms with Gasteiger partial charge >= 0.3 is 0 Å². The van der Waals surface area contributed by atoms with Crippen LogP contribution in [0.25, 0.3) is 0 Å². The highest BCUT2D eigenvalue weighted by atomic mass is 32.2. The number of nitrogens with one attached hydrogen (secondary N) is 2. The first-order valence-electron chi connectivity index (χ1n) is 6.14. The number of hydrogen-bond donors (Lipinski definition) is 2. The predicted molar refractivity (Wildman–Crippen MR) is 77.8 cm³/mol. The minimum atomic E-state index is -3.48. The largest absolute Gasteiger partial charge is 0.313 e. The van der Waals surface area contributed by atoms with Crippen molar-refractivity contribution < 1.29 is 8.42 Å². The molecular weight excluding hydrogens is 296 g/mol. The molecule has 0 fully saturated rings. The van der Waals surface area contributed by atoms with Gasteiger partial charge in [0.15, 0.2) is 0 Å². The van der Waals surface area contributed by atoms with Gasteiger partial charge < -0.3 is 5.32 Å². The van der Waals surface area contributed by atoms with Gasteiger partial charge in [0.1, 0.15) is 10.5 Å². The maximum atomic E-state index is 12.1. The van der Waals surface area contributed by atoms with Crippen LogP contribution in [0.15, 0.2) is 34.2 Å². The third-order valence-electron chi connectivity index (χ3n) is 2.56. The van der Waals surface area contributed by atoms with Gasteiger partial charge in [-0.1, -0.05) is 6.92 Å². The summed E-state index contributed by atoms with van der Waals surface area (Å²) in [5.74, 6) is 0. The van der Waals surface area contributed by atoms with Crippen LogP contribution in [0.1, 0.15) is 18.2 Å². The lowest BCUT2D eigenvalue weighted by atomic mass is 10.3. The molecule has 8 heteroatoms. The molecular formula is C12H16N4O2S2. The summed E-state index contributed by atoms with van der Waals surface area (Å²) < 4.78 is 27.1. The van der Waals surface area contributed by atoms with Crippen molar-refractivity contribution >= 4 is 21.4 Å². The van der Waals surface area contributed by atoms with Crippen molar-refractivity contribution in [1.29, 1.82) is 0 Å². The molecule has 0 atom stereocenters. The number of rotatable bonds is 7. The normalized spacial score (nSPS) is 11.7. The van der Waals surface area contributed by atoms with Gasteiger partial charge in [-0.25, -0.2) is 23.1 Å². The summed E-state index contributed by atoms with van der Waals surface area (Å²) in [6.07, 6.45) is 2.97. The SMILES string of the molecule is CCNCc1csc(S(=O)(=O)NCc2ccncn2)c1. The Morgan fingerprint density at radius 3 is 2.90 bits per heavy atom. The maximum absolute atomic E-state index is 12.1. The van der Waals surface area contributed by atoms with Crippen LogP contribution in [0.2, 0.25) is 0 Å². The number of nitrogens with zero attached hydrogens (tertiary/aromatic N) is 2. The van der Waals surface area contributed by atoms with E-state index in [0.29, 0.717) is 16.4 Å². The summed E-state index contributed by atoms with van der Waals surface area (Å²) in [5.41, 5.74) is 1.60. The van der Waals surface area contributed by atoms with E-state index < -0.39 is 10.0 Å². The quantitative estimate of drug-likeness (QED) is 0.800. The van der Waals surface area contributed by atoms with E-state index >= 15 is 0 Å². The second-order valence-electron chi connectivity index (χ2n) is 4.08. The summed E-state index contributed by atoms with van der Waals surface area (Å²) in [5, 5.41) is 5.01. The highest BCUT2D eigenvalue weighted by molar-refractivity contribution is 7.91. The Labute approximate surface area is 122 Å². The average molecular weight is 312 g/mol. The zero-order valence-electron chi connectivity index (χ0n) is 11.0. The van der Waals surface area contributed by atoms with Crippen LogP contribution < -0.4 is 10.0 Å². The fourth-order valence-corrected chi connectivity index (χ4v) is 3.77. The molecule has 20 heavy (non-hydrogen) atoms. The Morgan fingerprint density at radius 2 is 2.20 bits per heavy atom. The lowest BCUT2D eigenvalue weighted by Crippen LogP contribution is -2.23. The molecule has 0 radical (unpaired) electrons. The van der Waals surface area contributed by atoms with E-state index in [1.165, 1.54) is 17.7 Å². The Bertz CT molecular complexity index is 640. The summed E-state index contributed by atoms with van der Waals surface area (Å²) in [6, 6.07) is 3.36. The number of sulfonamides is 1. The smallest absolute Gasteiger partial charge is 0.250 e. The zero-order chi connectivity index (χ0) is 14.4. The van der Waals surface area contributed by atoms with Gasteiger partial charge in [-0.3, -0.25) is 0 Å². The monoisotopic (exact) mass is 312 g/mol. The first kappa shape index (κ1) is 15.0. The molecule has 0 aliphatic rings. The lowest BCUT2D eigenvalue weighted by Gasteiger charge is -2.03. The summed E-state index contributed by atoms with van der Waals surface area (Å²) >= 11 is 1.22. The fourth-order valence-electron chi connectivity index (χ4n) is 1.52.